The smallest absolute Gasteiger partial charge is 0.248 e. The minimum atomic E-state index is -3.41. The molecule has 2 aromatic heterocycles. The van der Waals surface area contributed by atoms with Crippen molar-refractivity contribution in [3.05, 3.63) is 22.9 Å². The number of hydrogen-bond acceptors (Lipinski definition) is 6. The fourth-order valence-electron chi connectivity index (χ4n) is 2.35. The number of sulfonamides is 1. The lowest BCUT2D eigenvalue weighted by molar-refractivity contribution is 0.188. The summed E-state index contributed by atoms with van der Waals surface area (Å²) in [6, 6.07) is 0.0690. The molecule has 0 amide bonds. The van der Waals surface area contributed by atoms with Crippen LogP contribution in [-0.2, 0) is 16.4 Å². The van der Waals surface area contributed by atoms with E-state index in [0.29, 0.717) is 23.1 Å². The molecule has 0 unspecified atom stereocenters. The normalized spacial score (nSPS) is 17.1. The van der Waals surface area contributed by atoms with Gasteiger partial charge in [-0.25, -0.2) is 23.1 Å². The van der Waals surface area contributed by atoms with Crippen molar-refractivity contribution in [3.63, 3.8) is 0 Å². The number of rotatable bonds is 4. The summed E-state index contributed by atoms with van der Waals surface area (Å²) in [6.07, 6.45) is 2.21. The number of thiazole rings is 1. The predicted octanol–water partition coefficient (Wildman–Crippen LogP) is 1.16. The monoisotopic (exact) mass is 327 g/mol. The van der Waals surface area contributed by atoms with E-state index in [1.165, 1.54) is 21.8 Å². The maximum absolute atomic E-state index is 12.5. The SMILES string of the molecule is CCc1ncc(S(=O)(=O)N2CC(n3nc(C)nc3C)C2)s1. The number of aromatic nitrogens is 4. The topological polar surface area (TPSA) is 81.0 Å². The Kier molecular flexibility index (Phi) is 3.58. The molecule has 3 rings (SSSR count). The van der Waals surface area contributed by atoms with Crippen LogP contribution in [0.25, 0.3) is 0 Å². The third-order valence-electron chi connectivity index (χ3n) is 3.51. The van der Waals surface area contributed by atoms with Crippen LogP contribution < -0.4 is 0 Å². The lowest BCUT2D eigenvalue weighted by Gasteiger charge is -2.37. The summed E-state index contributed by atoms with van der Waals surface area (Å²) in [5.41, 5.74) is 0. The minimum absolute atomic E-state index is 0.0690. The van der Waals surface area contributed by atoms with Crippen LogP contribution in [0.5, 0.6) is 0 Å². The van der Waals surface area contributed by atoms with E-state index < -0.39 is 10.0 Å². The third kappa shape index (κ3) is 2.49. The van der Waals surface area contributed by atoms with Crippen LogP contribution in [0.4, 0.5) is 0 Å². The van der Waals surface area contributed by atoms with Gasteiger partial charge in [-0.15, -0.1) is 11.3 Å². The Morgan fingerprint density at radius 2 is 2.10 bits per heavy atom. The fourth-order valence-corrected chi connectivity index (χ4v) is 5.14. The van der Waals surface area contributed by atoms with E-state index in [4.69, 9.17) is 0 Å². The summed E-state index contributed by atoms with van der Waals surface area (Å²) in [7, 11) is -3.41. The molecule has 1 fully saturated rings. The average molecular weight is 327 g/mol. The van der Waals surface area contributed by atoms with E-state index in [2.05, 4.69) is 15.1 Å². The minimum Gasteiger partial charge on any atom is -0.248 e. The van der Waals surface area contributed by atoms with Gasteiger partial charge >= 0.3 is 0 Å². The second-order valence-corrected chi connectivity index (χ2v) is 8.33. The summed E-state index contributed by atoms with van der Waals surface area (Å²) in [5, 5.41) is 5.15. The summed E-state index contributed by atoms with van der Waals surface area (Å²) in [5.74, 6) is 1.53. The highest BCUT2D eigenvalue weighted by atomic mass is 32.2. The van der Waals surface area contributed by atoms with Gasteiger partial charge in [0.2, 0.25) is 0 Å². The molecule has 0 atom stereocenters. The standard InChI is InChI=1S/C12H17N5O2S2/c1-4-11-13-5-12(20-11)21(18,19)16-6-10(7-16)17-9(3)14-8(2)15-17/h5,10H,4,6-7H2,1-3H3. The number of nitrogens with zero attached hydrogens (tertiary/aromatic N) is 5. The highest BCUT2D eigenvalue weighted by Crippen LogP contribution is 2.31. The van der Waals surface area contributed by atoms with E-state index in [9.17, 15) is 8.42 Å². The van der Waals surface area contributed by atoms with Gasteiger partial charge in [0.25, 0.3) is 10.0 Å². The molecule has 0 spiro atoms. The molecule has 0 aliphatic carbocycles. The summed E-state index contributed by atoms with van der Waals surface area (Å²) < 4.78 is 28.5. The molecule has 0 radical (unpaired) electrons. The van der Waals surface area contributed by atoms with Gasteiger partial charge in [-0.05, 0) is 20.3 Å². The third-order valence-corrected chi connectivity index (χ3v) is 6.92. The predicted molar refractivity (Wildman–Crippen MR) is 78.8 cm³/mol. The van der Waals surface area contributed by atoms with Crippen molar-refractivity contribution in [3.8, 4) is 0 Å². The lowest BCUT2D eigenvalue weighted by atomic mass is 10.2. The Morgan fingerprint density at radius 1 is 1.38 bits per heavy atom. The molecule has 2 aromatic rings. The second-order valence-electron chi connectivity index (χ2n) is 5.05. The van der Waals surface area contributed by atoms with E-state index in [-0.39, 0.29) is 6.04 Å². The Morgan fingerprint density at radius 3 is 2.62 bits per heavy atom. The zero-order valence-electron chi connectivity index (χ0n) is 12.1. The summed E-state index contributed by atoms with van der Waals surface area (Å²) >= 11 is 1.25. The van der Waals surface area contributed by atoms with E-state index in [1.54, 1.807) is 0 Å². The van der Waals surface area contributed by atoms with Gasteiger partial charge in [0, 0.05) is 13.1 Å². The first-order chi connectivity index (χ1) is 9.91. The van der Waals surface area contributed by atoms with E-state index in [1.807, 2.05) is 25.5 Å². The first-order valence-electron chi connectivity index (χ1n) is 6.76. The van der Waals surface area contributed by atoms with E-state index in [0.717, 1.165) is 17.3 Å². The van der Waals surface area contributed by atoms with Crippen LogP contribution in [0.1, 0.15) is 29.6 Å². The zero-order chi connectivity index (χ0) is 15.2. The molecule has 0 bridgehead atoms. The molecule has 7 nitrogen and oxygen atoms in total. The Bertz CT molecular complexity index is 758. The quantitative estimate of drug-likeness (QED) is 0.842. The van der Waals surface area contributed by atoms with Crippen LogP contribution in [0, 0.1) is 13.8 Å². The van der Waals surface area contributed by atoms with Crippen molar-refractivity contribution in [1.29, 1.82) is 0 Å². The highest BCUT2D eigenvalue weighted by Gasteiger charge is 2.39. The van der Waals surface area contributed by atoms with Gasteiger partial charge in [-0.1, -0.05) is 6.92 Å². The van der Waals surface area contributed by atoms with Gasteiger partial charge in [0.05, 0.1) is 17.2 Å². The van der Waals surface area contributed by atoms with Crippen LogP contribution in [0.2, 0.25) is 0 Å². The Balaban J connectivity index is 1.74. The van der Waals surface area contributed by atoms with Crippen molar-refractivity contribution < 1.29 is 8.42 Å². The molecule has 0 saturated carbocycles. The van der Waals surface area contributed by atoms with Crippen molar-refractivity contribution in [2.75, 3.05) is 13.1 Å². The molecular formula is C12H17N5O2S2. The first-order valence-corrected chi connectivity index (χ1v) is 9.02. The maximum atomic E-state index is 12.5. The molecule has 21 heavy (non-hydrogen) atoms. The summed E-state index contributed by atoms with van der Waals surface area (Å²) in [6.45, 7) is 6.55. The van der Waals surface area contributed by atoms with Gasteiger partial charge in [0.1, 0.15) is 11.6 Å². The molecule has 1 saturated heterocycles. The second kappa shape index (κ2) is 5.15. The van der Waals surface area contributed by atoms with Crippen molar-refractivity contribution in [2.45, 2.75) is 37.4 Å². The van der Waals surface area contributed by atoms with Gasteiger partial charge < -0.3 is 0 Å². The Labute approximate surface area is 127 Å². The number of aryl methyl sites for hydroxylation is 3. The zero-order valence-corrected chi connectivity index (χ0v) is 13.8. The molecular weight excluding hydrogens is 310 g/mol. The highest BCUT2D eigenvalue weighted by molar-refractivity contribution is 7.91. The summed E-state index contributed by atoms with van der Waals surface area (Å²) in [4.78, 5) is 8.37. The van der Waals surface area contributed by atoms with Gasteiger partial charge in [-0.3, -0.25) is 0 Å². The molecule has 1 aliphatic rings. The van der Waals surface area contributed by atoms with Crippen LogP contribution in [-0.4, -0.2) is 45.6 Å². The molecule has 0 N–H and O–H groups in total. The van der Waals surface area contributed by atoms with Gasteiger partial charge in [0.15, 0.2) is 4.21 Å². The fraction of sp³-hybridized carbons (Fsp3) is 0.583. The molecule has 0 aromatic carbocycles. The first kappa shape index (κ1) is 14.6. The lowest BCUT2D eigenvalue weighted by Crippen LogP contribution is -2.50. The van der Waals surface area contributed by atoms with Crippen LogP contribution in [0.3, 0.4) is 0 Å². The molecule has 3 heterocycles. The Hall–Kier alpha value is -1.32. The van der Waals surface area contributed by atoms with Crippen molar-refractivity contribution in [2.24, 2.45) is 0 Å². The van der Waals surface area contributed by atoms with Crippen LogP contribution >= 0.6 is 11.3 Å². The molecule has 1 aliphatic heterocycles. The van der Waals surface area contributed by atoms with Gasteiger partial charge in [-0.2, -0.15) is 9.40 Å². The largest absolute Gasteiger partial charge is 0.254 e. The van der Waals surface area contributed by atoms with Crippen molar-refractivity contribution in [1.82, 2.24) is 24.1 Å². The molecule has 9 heteroatoms. The molecule has 114 valence electrons. The average Bonchev–Trinajstić information content (AvgIpc) is 2.95. The maximum Gasteiger partial charge on any atom is 0.254 e. The van der Waals surface area contributed by atoms with Crippen LogP contribution in [0.15, 0.2) is 10.4 Å². The number of hydrogen-bond donors (Lipinski definition) is 0. The van der Waals surface area contributed by atoms with Crippen molar-refractivity contribution >= 4 is 21.4 Å². The van der Waals surface area contributed by atoms with E-state index >= 15 is 0 Å².